The summed E-state index contributed by atoms with van der Waals surface area (Å²) in [4.78, 5) is 26.9. The van der Waals surface area contributed by atoms with Gasteiger partial charge in [-0.15, -0.1) is 11.3 Å². The van der Waals surface area contributed by atoms with Crippen molar-refractivity contribution in [1.82, 2.24) is 15.5 Å². The molecule has 3 heterocycles. The van der Waals surface area contributed by atoms with Gasteiger partial charge in [0.25, 0.3) is 5.91 Å². The SMILES string of the molecule is O=C1NC2(CCNCC2)C(=O)N1Cc1ccc(Br)s1. The van der Waals surface area contributed by atoms with Crippen molar-refractivity contribution in [3.05, 3.63) is 20.8 Å². The average Bonchev–Trinajstić information content (AvgIpc) is 2.89. The lowest BCUT2D eigenvalue weighted by Gasteiger charge is -2.31. The molecule has 2 aliphatic rings. The van der Waals surface area contributed by atoms with Gasteiger partial charge in [0.2, 0.25) is 0 Å². The third-order valence-corrected chi connectivity index (χ3v) is 5.25. The maximum atomic E-state index is 12.5. The van der Waals surface area contributed by atoms with Gasteiger partial charge in [-0.1, -0.05) is 0 Å². The van der Waals surface area contributed by atoms with Crippen molar-refractivity contribution in [2.45, 2.75) is 24.9 Å². The Morgan fingerprint density at radius 3 is 2.68 bits per heavy atom. The summed E-state index contributed by atoms with van der Waals surface area (Å²) in [6.07, 6.45) is 1.34. The van der Waals surface area contributed by atoms with Crippen molar-refractivity contribution in [2.75, 3.05) is 13.1 Å². The van der Waals surface area contributed by atoms with Crippen LogP contribution in [0.15, 0.2) is 15.9 Å². The van der Waals surface area contributed by atoms with E-state index in [4.69, 9.17) is 0 Å². The quantitative estimate of drug-likeness (QED) is 0.803. The number of nitrogens with zero attached hydrogens (tertiary/aromatic N) is 1. The number of rotatable bonds is 2. The molecule has 1 aromatic heterocycles. The molecule has 2 fully saturated rings. The first kappa shape index (κ1) is 13.1. The van der Waals surface area contributed by atoms with Gasteiger partial charge < -0.3 is 10.6 Å². The smallest absolute Gasteiger partial charge is 0.323 e. The minimum absolute atomic E-state index is 0.0801. The second kappa shape index (κ2) is 4.88. The summed E-state index contributed by atoms with van der Waals surface area (Å²) in [7, 11) is 0. The van der Waals surface area contributed by atoms with Crippen LogP contribution in [0.3, 0.4) is 0 Å². The van der Waals surface area contributed by atoms with Crippen molar-refractivity contribution >= 4 is 39.2 Å². The van der Waals surface area contributed by atoms with Gasteiger partial charge in [-0.25, -0.2) is 4.79 Å². The van der Waals surface area contributed by atoms with Crippen LogP contribution in [0, 0.1) is 0 Å². The lowest BCUT2D eigenvalue weighted by molar-refractivity contribution is -0.132. The molecule has 19 heavy (non-hydrogen) atoms. The van der Waals surface area contributed by atoms with E-state index in [2.05, 4.69) is 26.6 Å². The van der Waals surface area contributed by atoms with Crippen LogP contribution in [-0.4, -0.2) is 35.5 Å². The van der Waals surface area contributed by atoms with Gasteiger partial charge in [0.1, 0.15) is 5.54 Å². The first-order chi connectivity index (χ1) is 9.11. The summed E-state index contributed by atoms with van der Waals surface area (Å²) in [5.74, 6) is -0.0801. The van der Waals surface area contributed by atoms with E-state index in [0.29, 0.717) is 19.4 Å². The van der Waals surface area contributed by atoms with Crippen LogP contribution in [-0.2, 0) is 11.3 Å². The summed E-state index contributed by atoms with van der Waals surface area (Å²) in [6, 6.07) is 3.60. The number of imide groups is 1. The van der Waals surface area contributed by atoms with E-state index in [-0.39, 0.29) is 11.9 Å². The van der Waals surface area contributed by atoms with Gasteiger partial charge in [0.15, 0.2) is 0 Å². The molecule has 5 nitrogen and oxygen atoms in total. The predicted octanol–water partition coefficient (Wildman–Crippen LogP) is 1.68. The number of carbonyl (C=O) groups excluding carboxylic acids is 2. The molecule has 0 atom stereocenters. The highest BCUT2D eigenvalue weighted by Crippen LogP contribution is 2.30. The van der Waals surface area contributed by atoms with E-state index < -0.39 is 5.54 Å². The molecule has 0 saturated carbocycles. The number of urea groups is 1. The lowest BCUT2D eigenvalue weighted by atomic mass is 9.88. The zero-order valence-corrected chi connectivity index (χ0v) is 12.6. The highest BCUT2D eigenvalue weighted by Gasteiger charge is 2.51. The summed E-state index contributed by atoms with van der Waals surface area (Å²) >= 11 is 4.93. The van der Waals surface area contributed by atoms with E-state index in [0.717, 1.165) is 21.8 Å². The first-order valence-corrected chi connectivity index (χ1v) is 7.81. The molecule has 3 amide bonds. The van der Waals surface area contributed by atoms with Gasteiger partial charge in [0, 0.05) is 4.88 Å². The third-order valence-electron chi connectivity index (χ3n) is 3.65. The molecule has 2 aliphatic heterocycles. The standard InChI is InChI=1S/C12H14BrN3O2S/c13-9-2-1-8(19-9)7-16-10(17)12(15-11(16)18)3-5-14-6-4-12/h1-2,14H,3-7H2,(H,15,18). The number of hydrogen-bond donors (Lipinski definition) is 2. The summed E-state index contributed by atoms with van der Waals surface area (Å²) in [5, 5.41) is 6.10. The van der Waals surface area contributed by atoms with E-state index in [1.54, 1.807) is 11.3 Å². The van der Waals surface area contributed by atoms with E-state index in [1.165, 1.54) is 4.90 Å². The Hall–Kier alpha value is -0.920. The number of carbonyl (C=O) groups is 2. The van der Waals surface area contributed by atoms with Gasteiger partial charge in [-0.2, -0.15) is 0 Å². The molecule has 0 aromatic carbocycles. The van der Waals surface area contributed by atoms with E-state index in [1.807, 2.05) is 12.1 Å². The number of amides is 3. The minimum Gasteiger partial charge on any atom is -0.323 e. The van der Waals surface area contributed by atoms with Gasteiger partial charge in [-0.3, -0.25) is 9.69 Å². The summed E-state index contributed by atoms with van der Waals surface area (Å²) in [6.45, 7) is 1.89. The van der Waals surface area contributed by atoms with Crippen LogP contribution >= 0.6 is 27.3 Å². The number of piperidine rings is 1. The Labute approximate surface area is 123 Å². The zero-order chi connectivity index (χ0) is 13.5. The lowest BCUT2D eigenvalue weighted by Crippen LogP contribution is -2.53. The minimum atomic E-state index is -0.670. The van der Waals surface area contributed by atoms with Gasteiger partial charge >= 0.3 is 6.03 Å². The second-order valence-corrected chi connectivity index (χ2v) is 7.41. The number of nitrogens with one attached hydrogen (secondary N) is 2. The van der Waals surface area contributed by atoms with E-state index in [9.17, 15) is 9.59 Å². The van der Waals surface area contributed by atoms with Crippen molar-refractivity contribution in [2.24, 2.45) is 0 Å². The summed E-state index contributed by atoms with van der Waals surface area (Å²) < 4.78 is 1.01. The van der Waals surface area contributed by atoms with Crippen LogP contribution in [0.5, 0.6) is 0 Å². The van der Waals surface area contributed by atoms with Gasteiger partial charge in [0.05, 0.1) is 10.3 Å². The van der Waals surface area contributed by atoms with Crippen LogP contribution in [0.25, 0.3) is 0 Å². The van der Waals surface area contributed by atoms with Crippen LogP contribution < -0.4 is 10.6 Å². The number of hydrogen-bond acceptors (Lipinski definition) is 4. The fourth-order valence-corrected chi connectivity index (χ4v) is 4.08. The third kappa shape index (κ3) is 2.30. The fourth-order valence-electron chi connectivity index (χ4n) is 2.60. The second-order valence-electron chi connectivity index (χ2n) is 4.86. The topological polar surface area (TPSA) is 61.4 Å². The van der Waals surface area contributed by atoms with Crippen LogP contribution in [0.4, 0.5) is 4.79 Å². The first-order valence-electron chi connectivity index (χ1n) is 6.20. The average molecular weight is 344 g/mol. The molecular formula is C12H14BrN3O2S. The Morgan fingerprint density at radius 1 is 1.32 bits per heavy atom. The van der Waals surface area contributed by atoms with Crippen molar-refractivity contribution < 1.29 is 9.59 Å². The zero-order valence-electron chi connectivity index (χ0n) is 10.2. The molecule has 3 rings (SSSR count). The number of halogens is 1. The normalized spacial score (nSPS) is 22.1. The monoisotopic (exact) mass is 343 g/mol. The Balaban J connectivity index is 1.79. The molecule has 0 aliphatic carbocycles. The molecule has 1 aromatic rings. The maximum Gasteiger partial charge on any atom is 0.325 e. The maximum absolute atomic E-state index is 12.5. The van der Waals surface area contributed by atoms with Crippen molar-refractivity contribution in [3.63, 3.8) is 0 Å². The Bertz CT molecular complexity index is 525. The Kier molecular flexibility index (Phi) is 3.36. The predicted molar refractivity (Wildman–Crippen MR) is 75.9 cm³/mol. The summed E-state index contributed by atoms with van der Waals surface area (Å²) in [5.41, 5.74) is -0.670. The molecule has 102 valence electrons. The largest absolute Gasteiger partial charge is 0.325 e. The molecule has 0 bridgehead atoms. The van der Waals surface area contributed by atoms with Crippen molar-refractivity contribution in [1.29, 1.82) is 0 Å². The highest BCUT2D eigenvalue weighted by atomic mass is 79.9. The molecule has 2 saturated heterocycles. The van der Waals surface area contributed by atoms with Crippen LogP contribution in [0.2, 0.25) is 0 Å². The fraction of sp³-hybridized carbons (Fsp3) is 0.500. The molecule has 7 heteroatoms. The van der Waals surface area contributed by atoms with Crippen molar-refractivity contribution in [3.8, 4) is 0 Å². The van der Waals surface area contributed by atoms with E-state index >= 15 is 0 Å². The molecule has 1 spiro atoms. The Morgan fingerprint density at radius 2 is 2.05 bits per heavy atom. The van der Waals surface area contributed by atoms with Crippen LogP contribution in [0.1, 0.15) is 17.7 Å². The van der Waals surface area contributed by atoms with Gasteiger partial charge in [-0.05, 0) is 54.0 Å². The number of thiophene rings is 1. The molecule has 0 radical (unpaired) electrons. The molecule has 2 N–H and O–H groups in total. The molecular weight excluding hydrogens is 330 g/mol. The molecule has 0 unspecified atom stereocenters. The highest BCUT2D eigenvalue weighted by molar-refractivity contribution is 9.11.